The molecule has 1 aromatic rings. The van der Waals surface area contributed by atoms with Crippen LogP contribution in [0.2, 0.25) is 10.0 Å². The van der Waals surface area contributed by atoms with Gasteiger partial charge >= 0.3 is 6.18 Å². The summed E-state index contributed by atoms with van der Waals surface area (Å²) in [5.41, 5.74) is 0.850. The Labute approximate surface area is 131 Å². The summed E-state index contributed by atoms with van der Waals surface area (Å²) in [6.45, 7) is 1.60. The maximum atomic E-state index is 12.1. The van der Waals surface area contributed by atoms with E-state index in [1.54, 1.807) is 18.2 Å². The largest absolute Gasteiger partial charge is 0.390 e. The molecule has 0 fully saturated rings. The molecule has 3 nitrogen and oxygen atoms in total. The fourth-order valence-corrected chi connectivity index (χ4v) is 1.89. The molecule has 1 unspecified atom stereocenters. The molecular formula is C13H16Cl2F3N3. The highest BCUT2D eigenvalue weighted by atomic mass is 35.5. The first kappa shape index (κ1) is 17.9. The lowest BCUT2D eigenvalue weighted by Crippen LogP contribution is -2.40. The van der Waals surface area contributed by atoms with Crippen molar-refractivity contribution in [2.75, 3.05) is 13.6 Å². The topological polar surface area (TPSA) is 36.4 Å². The van der Waals surface area contributed by atoms with Crippen molar-refractivity contribution in [1.82, 2.24) is 10.6 Å². The van der Waals surface area contributed by atoms with Gasteiger partial charge in [0.1, 0.15) is 0 Å². The highest BCUT2D eigenvalue weighted by molar-refractivity contribution is 6.42. The average Bonchev–Trinajstić information content (AvgIpc) is 2.39. The third-order valence-corrected chi connectivity index (χ3v) is 3.46. The van der Waals surface area contributed by atoms with Crippen molar-refractivity contribution >= 4 is 29.2 Å². The number of aliphatic imine (C=N–C) groups is 1. The van der Waals surface area contributed by atoms with E-state index in [1.807, 2.05) is 6.92 Å². The first-order valence-electron chi connectivity index (χ1n) is 6.22. The minimum Gasteiger partial charge on any atom is -0.356 e. The van der Waals surface area contributed by atoms with Crippen LogP contribution in [-0.2, 0) is 0 Å². The van der Waals surface area contributed by atoms with E-state index >= 15 is 0 Å². The highest BCUT2D eigenvalue weighted by Gasteiger charge is 2.26. The van der Waals surface area contributed by atoms with Gasteiger partial charge in [0.15, 0.2) is 5.96 Å². The molecule has 0 saturated heterocycles. The normalized spacial score (nSPS) is 14.0. The number of benzene rings is 1. The zero-order valence-corrected chi connectivity index (χ0v) is 13.1. The third kappa shape index (κ3) is 6.44. The van der Waals surface area contributed by atoms with Gasteiger partial charge in [-0.15, -0.1) is 0 Å². The van der Waals surface area contributed by atoms with E-state index in [0.717, 1.165) is 5.56 Å². The van der Waals surface area contributed by atoms with Crippen molar-refractivity contribution in [2.24, 2.45) is 4.99 Å². The van der Waals surface area contributed by atoms with Gasteiger partial charge in [-0.05, 0) is 24.6 Å². The van der Waals surface area contributed by atoms with Crippen LogP contribution in [0.3, 0.4) is 0 Å². The zero-order chi connectivity index (χ0) is 16.0. The van der Waals surface area contributed by atoms with E-state index < -0.39 is 12.6 Å². The number of nitrogens with zero attached hydrogens (tertiary/aromatic N) is 1. The van der Waals surface area contributed by atoms with Gasteiger partial charge in [0.05, 0.1) is 22.5 Å². The first-order valence-corrected chi connectivity index (χ1v) is 6.97. The molecule has 118 valence electrons. The van der Waals surface area contributed by atoms with Gasteiger partial charge in [0.25, 0.3) is 0 Å². The third-order valence-electron chi connectivity index (χ3n) is 2.72. The lowest BCUT2D eigenvalue weighted by atomic mass is 10.1. The van der Waals surface area contributed by atoms with Crippen LogP contribution in [0.5, 0.6) is 0 Å². The molecule has 8 heteroatoms. The average molecular weight is 342 g/mol. The Bertz CT molecular complexity index is 504. The molecule has 1 atom stereocenters. The van der Waals surface area contributed by atoms with E-state index in [2.05, 4.69) is 15.6 Å². The Balaban J connectivity index is 2.58. The van der Waals surface area contributed by atoms with Crippen LogP contribution in [-0.4, -0.2) is 25.7 Å². The second-order valence-electron chi connectivity index (χ2n) is 4.40. The molecule has 0 heterocycles. The van der Waals surface area contributed by atoms with Gasteiger partial charge in [0, 0.05) is 13.6 Å². The second-order valence-corrected chi connectivity index (χ2v) is 5.22. The van der Waals surface area contributed by atoms with Crippen LogP contribution < -0.4 is 10.6 Å². The standard InChI is InChI=1S/C13H16Cl2F3N3/c1-8(9-3-4-10(14)11(15)7-9)21-12(19-2)20-6-5-13(16,17)18/h3-4,7-8H,5-6H2,1-2H3,(H2,19,20,21). The van der Waals surface area contributed by atoms with Gasteiger partial charge in [-0.2, -0.15) is 13.2 Å². The predicted molar refractivity (Wildman–Crippen MR) is 80.0 cm³/mol. The van der Waals surface area contributed by atoms with Gasteiger partial charge in [-0.1, -0.05) is 29.3 Å². The Morgan fingerprint density at radius 3 is 2.48 bits per heavy atom. The molecule has 0 radical (unpaired) electrons. The van der Waals surface area contributed by atoms with Crippen LogP contribution in [0.25, 0.3) is 0 Å². The van der Waals surface area contributed by atoms with E-state index in [1.165, 1.54) is 7.05 Å². The van der Waals surface area contributed by atoms with E-state index in [4.69, 9.17) is 23.2 Å². The molecule has 0 bridgehead atoms. The zero-order valence-electron chi connectivity index (χ0n) is 11.6. The van der Waals surface area contributed by atoms with Crippen LogP contribution in [0, 0.1) is 0 Å². The highest BCUT2D eigenvalue weighted by Crippen LogP contribution is 2.25. The van der Waals surface area contributed by atoms with E-state index in [0.29, 0.717) is 10.0 Å². The van der Waals surface area contributed by atoms with Gasteiger partial charge in [0.2, 0.25) is 0 Å². The van der Waals surface area contributed by atoms with Crippen LogP contribution in [0.1, 0.15) is 24.9 Å². The first-order chi connectivity index (χ1) is 9.73. The van der Waals surface area contributed by atoms with Crippen molar-refractivity contribution in [2.45, 2.75) is 25.6 Å². The molecule has 1 rings (SSSR count). The summed E-state index contributed by atoms with van der Waals surface area (Å²) in [5.74, 6) is 0.290. The molecule has 2 N–H and O–H groups in total. The molecule has 0 saturated carbocycles. The Kier molecular flexibility index (Phi) is 6.61. The maximum absolute atomic E-state index is 12.1. The maximum Gasteiger partial charge on any atom is 0.390 e. The molecule has 0 aliphatic heterocycles. The molecule has 0 spiro atoms. The minimum atomic E-state index is -4.19. The van der Waals surface area contributed by atoms with Gasteiger partial charge in [-0.25, -0.2) is 0 Å². The summed E-state index contributed by atoms with van der Waals surface area (Å²) in [6.07, 6.45) is -5.12. The van der Waals surface area contributed by atoms with Crippen molar-refractivity contribution in [3.63, 3.8) is 0 Å². The summed E-state index contributed by atoms with van der Waals surface area (Å²) in [5, 5.41) is 6.46. The number of guanidine groups is 1. The monoisotopic (exact) mass is 341 g/mol. The molecule has 0 aromatic heterocycles. The quantitative estimate of drug-likeness (QED) is 0.636. The summed E-state index contributed by atoms with van der Waals surface area (Å²) >= 11 is 11.8. The second kappa shape index (κ2) is 7.75. The number of nitrogens with one attached hydrogen (secondary N) is 2. The summed E-state index contributed by atoms with van der Waals surface area (Å²) in [7, 11) is 1.49. The number of hydrogen-bond acceptors (Lipinski definition) is 1. The minimum absolute atomic E-state index is 0.183. The summed E-state index contributed by atoms with van der Waals surface area (Å²) in [6, 6.07) is 4.97. The van der Waals surface area contributed by atoms with Crippen LogP contribution in [0.4, 0.5) is 13.2 Å². The van der Waals surface area contributed by atoms with Crippen molar-refractivity contribution < 1.29 is 13.2 Å². The lowest BCUT2D eigenvalue weighted by molar-refractivity contribution is -0.132. The molecule has 0 aliphatic carbocycles. The van der Waals surface area contributed by atoms with E-state index in [9.17, 15) is 13.2 Å². The molecular weight excluding hydrogens is 326 g/mol. The number of hydrogen-bond donors (Lipinski definition) is 2. The van der Waals surface area contributed by atoms with Crippen molar-refractivity contribution in [3.8, 4) is 0 Å². The number of halogens is 5. The Hall–Kier alpha value is -1.14. The summed E-state index contributed by atoms with van der Waals surface area (Å²) < 4.78 is 36.3. The molecule has 21 heavy (non-hydrogen) atoms. The molecule has 0 aliphatic rings. The van der Waals surface area contributed by atoms with Crippen LogP contribution in [0.15, 0.2) is 23.2 Å². The smallest absolute Gasteiger partial charge is 0.356 e. The molecule has 1 aromatic carbocycles. The van der Waals surface area contributed by atoms with Crippen molar-refractivity contribution in [3.05, 3.63) is 33.8 Å². The van der Waals surface area contributed by atoms with Gasteiger partial charge in [-0.3, -0.25) is 4.99 Å². The Morgan fingerprint density at radius 1 is 1.29 bits per heavy atom. The molecule has 0 amide bonds. The SMILES string of the molecule is CN=C(NCCC(F)(F)F)NC(C)c1ccc(Cl)c(Cl)c1. The van der Waals surface area contributed by atoms with E-state index in [-0.39, 0.29) is 18.5 Å². The number of rotatable bonds is 4. The van der Waals surface area contributed by atoms with Crippen LogP contribution >= 0.6 is 23.2 Å². The summed E-state index contributed by atoms with van der Waals surface area (Å²) in [4.78, 5) is 3.88. The lowest BCUT2D eigenvalue weighted by Gasteiger charge is -2.19. The van der Waals surface area contributed by atoms with Gasteiger partial charge < -0.3 is 10.6 Å². The predicted octanol–water partition coefficient (Wildman–Crippen LogP) is 4.17. The number of alkyl halides is 3. The fraction of sp³-hybridized carbons (Fsp3) is 0.462. The fourth-order valence-electron chi connectivity index (χ4n) is 1.59. The Morgan fingerprint density at radius 2 is 1.95 bits per heavy atom. The van der Waals surface area contributed by atoms with Crippen molar-refractivity contribution in [1.29, 1.82) is 0 Å².